The molecule has 1 fully saturated rings. The summed E-state index contributed by atoms with van der Waals surface area (Å²) in [5, 5.41) is 4.29. The van der Waals surface area contributed by atoms with E-state index in [1.54, 1.807) is 4.68 Å². The van der Waals surface area contributed by atoms with Gasteiger partial charge < -0.3 is 16.4 Å². The molecule has 0 aliphatic carbocycles. The molecule has 2 rings (SSSR count). The number of piperidine rings is 1. The van der Waals surface area contributed by atoms with Crippen LogP contribution < -0.4 is 16.4 Å². The number of nitrogens with zero attached hydrogens (tertiary/aromatic N) is 3. The number of primary amides is 1. The van der Waals surface area contributed by atoms with Gasteiger partial charge >= 0.3 is 0 Å². The standard InChI is InChI=1S/C12H21N5O/c1-7-6-17(5-4-9(7)13)12-10(11(14)18)8(2)15-16(12)3/h7,9H,4-6,13H2,1-3H3,(H2,14,18). The Kier molecular flexibility index (Phi) is 3.30. The summed E-state index contributed by atoms with van der Waals surface area (Å²) in [6.07, 6.45) is 0.920. The Morgan fingerprint density at radius 1 is 1.50 bits per heavy atom. The average molecular weight is 251 g/mol. The van der Waals surface area contributed by atoms with Gasteiger partial charge in [0.1, 0.15) is 11.4 Å². The van der Waals surface area contributed by atoms with Crippen molar-refractivity contribution >= 4 is 11.7 Å². The summed E-state index contributed by atoms with van der Waals surface area (Å²) >= 11 is 0. The molecule has 0 spiro atoms. The first-order chi connectivity index (χ1) is 8.41. The molecule has 1 aromatic rings. The smallest absolute Gasteiger partial charge is 0.254 e. The number of anilines is 1. The number of carbonyl (C=O) groups is 1. The van der Waals surface area contributed by atoms with Gasteiger partial charge in [-0.15, -0.1) is 0 Å². The molecule has 1 aliphatic heterocycles. The minimum Gasteiger partial charge on any atom is -0.365 e. The van der Waals surface area contributed by atoms with Crippen LogP contribution in [0, 0.1) is 12.8 Å². The predicted octanol–water partition coefficient (Wildman–Crippen LogP) is 0.000920. The molecule has 4 N–H and O–H groups in total. The Balaban J connectivity index is 2.36. The van der Waals surface area contributed by atoms with Gasteiger partial charge in [-0.3, -0.25) is 9.48 Å². The molecule has 6 nitrogen and oxygen atoms in total. The summed E-state index contributed by atoms with van der Waals surface area (Å²) in [6.45, 7) is 5.61. The van der Waals surface area contributed by atoms with Gasteiger partial charge in [-0.2, -0.15) is 5.10 Å². The molecule has 100 valence electrons. The second-order valence-corrected chi connectivity index (χ2v) is 5.15. The van der Waals surface area contributed by atoms with E-state index in [-0.39, 0.29) is 6.04 Å². The van der Waals surface area contributed by atoms with Crippen LogP contribution in [0.2, 0.25) is 0 Å². The van der Waals surface area contributed by atoms with Crippen LogP contribution in [0.5, 0.6) is 0 Å². The van der Waals surface area contributed by atoms with Crippen molar-refractivity contribution in [1.82, 2.24) is 9.78 Å². The monoisotopic (exact) mass is 251 g/mol. The van der Waals surface area contributed by atoms with Crippen molar-refractivity contribution in [2.45, 2.75) is 26.3 Å². The predicted molar refractivity (Wildman–Crippen MR) is 70.4 cm³/mol. The van der Waals surface area contributed by atoms with Crippen LogP contribution in [0.4, 0.5) is 5.82 Å². The maximum absolute atomic E-state index is 11.6. The minimum absolute atomic E-state index is 0.229. The van der Waals surface area contributed by atoms with E-state index in [1.807, 2.05) is 14.0 Å². The van der Waals surface area contributed by atoms with E-state index < -0.39 is 5.91 Å². The molecule has 2 unspecified atom stereocenters. The molecular formula is C12H21N5O. The van der Waals surface area contributed by atoms with Crippen molar-refractivity contribution < 1.29 is 4.79 Å². The molecule has 18 heavy (non-hydrogen) atoms. The first-order valence-corrected chi connectivity index (χ1v) is 6.25. The topological polar surface area (TPSA) is 90.2 Å². The van der Waals surface area contributed by atoms with Gasteiger partial charge in [-0.05, 0) is 19.3 Å². The SMILES string of the molecule is Cc1nn(C)c(N2CCC(N)C(C)C2)c1C(N)=O. The van der Waals surface area contributed by atoms with Crippen LogP contribution in [-0.4, -0.2) is 34.8 Å². The Labute approximate surface area is 107 Å². The van der Waals surface area contributed by atoms with Crippen LogP contribution in [-0.2, 0) is 7.05 Å². The van der Waals surface area contributed by atoms with Gasteiger partial charge in [-0.25, -0.2) is 0 Å². The lowest BCUT2D eigenvalue weighted by Gasteiger charge is -2.36. The van der Waals surface area contributed by atoms with Crippen molar-refractivity contribution in [3.63, 3.8) is 0 Å². The highest BCUT2D eigenvalue weighted by Crippen LogP contribution is 2.27. The maximum atomic E-state index is 11.6. The lowest BCUT2D eigenvalue weighted by atomic mass is 9.94. The molecule has 1 amide bonds. The Morgan fingerprint density at radius 2 is 2.17 bits per heavy atom. The fraction of sp³-hybridized carbons (Fsp3) is 0.667. The zero-order chi connectivity index (χ0) is 13.4. The summed E-state index contributed by atoms with van der Waals surface area (Å²) in [5.41, 5.74) is 12.7. The second-order valence-electron chi connectivity index (χ2n) is 5.15. The van der Waals surface area contributed by atoms with E-state index in [9.17, 15) is 4.79 Å². The Morgan fingerprint density at radius 3 is 2.72 bits per heavy atom. The molecule has 0 aromatic carbocycles. The molecule has 0 radical (unpaired) electrons. The zero-order valence-corrected chi connectivity index (χ0v) is 11.2. The zero-order valence-electron chi connectivity index (χ0n) is 11.2. The summed E-state index contributed by atoms with van der Waals surface area (Å²) in [7, 11) is 1.84. The molecule has 0 bridgehead atoms. The van der Waals surface area contributed by atoms with Crippen LogP contribution in [0.3, 0.4) is 0 Å². The lowest BCUT2D eigenvalue weighted by Crippen LogP contribution is -2.47. The first-order valence-electron chi connectivity index (χ1n) is 6.25. The van der Waals surface area contributed by atoms with Gasteiger partial charge in [-0.1, -0.05) is 6.92 Å². The van der Waals surface area contributed by atoms with Crippen molar-refractivity contribution in [3.05, 3.63) is 11.3 Å². The van der Waals surface area contributed by atoms with Crippen LogP contribution in [0.15, 0.2) is 0 Å². The Bertz CT molecular complexity index is 467. The number of rotatable bonds is 2. The third-order valence-corrected chi connectivity index (χ3v) is 3.71. The summed E-state index contributed by atoms with van der Waals surface area (Å²) in [5.74, 6) is 0.798. The first kappa shape index (κ1) is 12.9. The van der Waals surface area contributed by atoms with Gasteiger partial charge in [0, 0.05) is 26.2 Å². The van der Waals surface area contributed by atoms with Crippen molar-refractivity contribution in [2.24, 2.45) is 24.4 Å². The van der Waals surface area contributed by atoms with E-state index in [2.05, 4.69) is 16.9 Å². The molecular weight excluding hydrogens is 230 g/mol. The maximum Gasteiger partial charge on any atom is 0.254 e. The summed E-state index contributed by atoms with van der Waals surface area (Å²) in [4.78, 5) is 13.7. The van der Waals surface area contributed by atoms with E-state index in [0.29, 0.717) is 17.2 Å². The lowest BCUT2D eigenvalue weighted by molar-refractivity contribution is 0.1000. The van der Waals surface area contributed by atoms with Gasteiger partial charge in [0.15, 0.2) is 0 Å². The van der Waals surface area contributed by atoms with Crippen molar-refractivity contribution in [2.75, 3.05) is 18.0 Å². The number of nitrogens with two attached hydrogens (primary N) is 2. The van der Waals surface area contributed by atoms with Crippen molar-refractivity contribution in [3.8, 4) is 0 Å². The highest BCUT2D eigenvalue weighted by atomic mass is 16.1. The number of aryl methyl sites for hydroxylation is 2. The molecule has 1 aliphatic rings. The normalized spacial score (nSPS) is 24.3. The number of hydrogen-bond acceptors (Lipinski definition) is 4. The quantitative estimate of drug-likeness (QED) is 0.774. The summed E-state index contributed by atoms with van der Waals surface area (Å²) < 4.78 is 1.74. The van der Waals surface area contributed by atoms with Crippen LogP contribution in [0.1, 0.15) is 29.4 Å². The van der Waals surface area contributed by atoms with Crippen LogP contribution >= 0.6 is 0 Å². The largest absolute Gasteiger partial charge is 0.365 e. The number of aromatic nitrogens is 2. The highest BCUT2D eigenvalue weighted by molar-refractivity contribution is 5.99. The highest BCUT2D eigenvalue weighted by Gasteiger charge is 2.29. The molecule has 1 saturated heterocycles. The van der Waals surface area contributed by atoms with E-state index in [1.165, 1.54) is 0 Å². The third kappa shape index (κ3) is 2.08. The fourth-order valence-corrected chi connectivity index (χ4v) is 2.65. The van der Waals surface area contributed by atoms with E-state index >= 15 is 0 Å². The Hall–Kier alpha value is -1.56. The number of carbonyl (C=O) groups excluding carboxylic acids is 1. The molecule has 2 heterocycles. The molecule has 6 heteroatoms. The minimum atomic E-state index is -0.418. The van der Waals surface area contributed by atoms with Gasteiger partial charge in [0.25, 0.3) is 5.91 Å². The van der Waals surface area contributed by atoms with Crippen molar-refractivity contribution in [1.29, 1.82) is 0 Å². The molecule has 1 aromatic heterocycles. The van der Waals surface area contributed by atoms with Crippen LogP contribution in [0.25, 0.3) is 0 Å². The molecule has 2 atom stereocenters. The third-order valence-electron chi connectivity index (χ3n) is 3.71. The average Bonchev–Trinajstić information content (AvgIpc) is 2.57. The second kappa shape index (κ2) is 4.61. The van der Waals surface area contributed by atoms with Gasteiger partial charge in [0.05, 0.1) is 5.69 Å². The summed E-state index contributed by atoms with van der Waals surface area (Å²) in [6, 6.07) is 0.229. The number of amides is 1. The molecule has 0 saturated carbocycles. The van der Waals surface area contributed by atoms with E-state index in [4.69, 9.17) is 11.5 Å². The van der Waals surface area contributed by atoms with E-state index in [0.717, 1.165) is 25.3 Å². The number of hydrogen-bond donors (Lipinski definition) is 2. The fourth-order valence-electron chi connectivity index (χ4n) is 2.65. The van der Waals surface area contributed by atoms with Gasteiger partial charge in [0.2, 0.25) is 0 Å².